The fourth-order valence-corrected chi connectivity index (χ4v) is 2.44. The summed E-state index contributed by atoms with van der Waals surface area (Å²) in [5, 5.41) is 2.92. The zero-order valence-corrected chi connectivity index (χ0v) is 14.1. The Morgan fingerprint density at radius 2 is 1.75 bits per heavy atom. The highest BCUT2D eigenvalue weighted by Gasteiger charge is 2.11. The maximum atomic E-state index is 12.9. The van der Waals surface area contributed by atoms with Crippen LogP contribution in [-0.2, 0) is 11.2 Å². The molecule has 2 rings (SSSR count). The quantitative estimate of drug-likeness (QED) is 0.842. The van der Waals surface area contributed by atoms with Crippen molar-refractivity contribution in [3.63, 3.8) is 0 Å². The van der Waals surface area contributed by atoms with Crippen LogP contribution >= 0.6 is 0 Å². The number of carbonyl (C=O) groups is 1. The van der Waals surface area contributed by atoms with Gasteiger partial charge in [-0.25, -0.2) is 4.39 Å². The molecular weight excluding hydrogens is 309 g/mol. The summed E-state index contributed by atoms with van der Waals surface area (Å²) >= 11 is 0. The predicted molar refractivity (Wildman–Crippen MR) is 90.8 cm³/mol. The zero-order chi connectivity index (χ0) is 17.5. The molecule has 0 saturated carbocycles. The van der Waals surface area contributed by atoms with Gasteiger partial charge < -0.3 is 14.8 Å². The van der Waals surface area contributed by atoms with Crippen molar-refractivity contribution < 1.29 is 18.7 Å². The Bertz CT molecular complexity index is 686. The van der Waals surface area contributed by atoms with Crippen LogP contribution in [0, 0.1) is 5.82 Å². The third kappa shape index (κ3) is 4.72. The van der Waals surface area contributed by atoms with E-state index in [0.29, 0.717) is 24.3 Å². The van der Waals surface area contributed by atoms with Crippen molar-refractivity contribution >= 4 is 5.91 Å². The van der Waals surface area contributed by atoms with Gasteiger partial charge in [-0.05, 0) is 48.7 Å². The standard InChI is InChI=1S/C19H22FNO3/c1-13(15-6-8-16(20)9-7-15)21-19(22)11-5-14-4-10-17(23-2)18(12-14)24-3/h4,6-10,12-13H,5,11H2,1-3H3,(H,21,22)/t13-/m0/s1. The summed E-state index contributed by atoms with van der Waals surface area (Å²) < 4.78 is 23.4. The van der Waals surface area contributed by atoms with Gasteiger partial charge in [0.05, 0.1) is 20.3 Å². The van der Waals surface area contributed by atoms with Gasteiger partial charge in [-0.2, -0.15) is 0 Å². The molecule has 2 aromatic carbocycles. The van der Waals surface area contributed by atoms with Gasteiger partial charge in [0.25, 0.3) is 0 Å². The van der Waals surface area contributed by atoms with Crippen molar-refractivity contribution in [2.45, 2.75) is 25.8 Å². The number of benzene rings is 2. The second-order valence-electron chi connectivity index (χ2n) is 5.53. The molecule has 0 heterocycles. The van der Waals surface area contributed by atoms with Crippen LogP contribution in [0.5, 0.6) is 11.5 Å². The molecule has 0 aliphatic rings. The van der Waals surface area contributed by atoms with E-state index in [2.05, 4.69) is 5.32 Å². The van der Waals surface area contributed by atoms with Crippen molar-refractivity contribution in [3.8, 4) is 11.5 Å². The van der Waals surface area contributed by atoms with Gasteiger partial charge in [-0.15, -0.1) is 0 Å². The lowest BCUT2D eigenvalue weighted by atomic mass is 10.1. The third-order valence-corrected chi connectivity index (χ3v) is 3.84. The summed E-state index contributed by atoms with van der Waals surface area (Å²) in [6.45, 7) is 1.88. The van der Waals surface area contributed by atoms with Crippen LogP contribution in [0.2, 0.25) is 0 Å². The minimum absolute atomic E-state index is 0.0541. The fourth-order valence-electron chi connectivity index (χ4n) is 2.44. The number of carbonyl (C=O) groups excluding carboxylic acids is 1. The molecule has 1 amide bonds. The van der Waals surface area contributed by atoms with Crippen LogP contribution in [-0.4, -0.2) is 20.1 Å². The first-order valence-electron chi connectivity index (χ1n) is 7.79. The van der Waals surface area contributed by atoms with Gasteiger partial charge in [-0.1, -0.05) is 18.2 Å². The number of aryl methyl sites for hydroxylation is 1. The first-order valence-corrected chi connectivity index (χ1v) is 7.79. The minimum atomic E-state index is -0.286. The van der Waals surface area contributed by atoms with Gasteiger partial charge in [0.2, 0.25) is 5.91 Å². The smallest absolute Gasteiger partial charge is 0.220 e. The summed E-state index contributed by atoms with van der Waals surface area (Å²) in [7, 11) is 3.17. The second kappa shape index (κ2) is 8.34. The molecule has 0 unspecified atom stereocenters. The Hall–Kier alpha value is -2.56. The van der Waals surface area contributed by atoms with Gasteiger partial charge in [-0.3, -0.25) is 4.79 Å². The highest BCUT2D eigenvalue weighted by Crippen LogP contribution is 2.28. The molecule has 1 atom stereocenters. The molecule has 0 radical (unpaired) electrons. The molecule has 5 heteroatoms. The molecule has 128 valence electrons. The van der Waals surface area contributed by atoms with E-state index in [9.17, 15) is 9.18 Å². The maximum absolute atomic E-state index is 12.9. The Balaban J connectivity index is 1.90. The van der Waals surface area contributed by atoms with Crippen molar-refractivity contribution in [1.29, 1.82) is 0 Å². The minimum Gasteiger partial charge on any atom is -0.493 e. The largest absolute Gasteiger partial charge is 0.493 e. The topological polar surface area (TPSA) is 47.6 Å². The molecular formula is C19H22FNO3. The Labute approximate surface area is 141 Å². The molecule has 0 fully saturated rings. The summed E-state index contributed by atoms with van der Waals surface area (Å²) in [6.07, 6.45) is 0.962. The van der Waals surface area contributed by atoms with Crippen LogP contribution in [0.4, 0.5) is 4.39 Å². The summed E-state index contributed by atoms with van der Waals surface area (Å²) in [5.74, 6) is 0.970. The first kappa shape index (κ1) is 17.8. The van der Waals surface area contributed by atoms with Gasteiger partial charge in [0.1, 0.15) is 5.82 Å². The van der Waals surface area contributed by atoms with Crippen LogP contribution in [0.1, 0.15) is 30.5 Å². The molecule has 0 bridgehead atoms. The van der Waals surface area contributed by atoms with Crippen molar-refractivity contribution in [3.05, 3.63) is 59.4 Å². The molecule has 0 spiro atoms. The van der Waals surface area contributed by atoms with Crippen molar-refractivity contribution in [2.24, 2.45) is 0 Å². The lowest BCUT2D eigenvalue weighted by Gasteiger charge is -2.14. The first-order chi connectivity index (χ1) is 11.5. The zero-order valence-electron chi connectivity index (χ0n) is 14.1. The molecule has 0 aliphatic carbocycles. The number of amides is 1. The highest BCUT2D eigenvalue weighted by molar-refractivity contribution is 5.76. The Morgan fingerprint density at radius 3 is 2.38 bits per heavy atom. The molecule has 24 heavy (non-hydrogen) atoms. The SMILES string of the molecule is COc1ccc(CCC(=O)N[C@@H](C)c2ccc(F)cc2)cc1OC. The van der Waals surface area contributed by atoms with Gasteiger partial charge >= 0.3 is 0 Å². The monoisotopic (exact) mass is 331 g/mol. The van der Waals surface area contributed by atoms with E-state index < -0.39 is 0 Å². The normalized spacial score (nSPS) is 11.7. The van der Waals surface area contributed by atoms with Crippen LogP contribution in [0.15, 0.2) is 42.5 Å². The van der Waals surface area contributed by atoms with Crippen molar-refractivity contribution in [1.82, 2.24) is 5.32 Å². The van der Waals surface area contributed by atoms with E-state index >= 15 is 0 Å². The fraction of sp³-hybridized carbons (Fsp3) is 0.316. The number of hydrogen-bond acceptors (Lipinski definition) is 3. The third-order valence-electron chi connectivity index (χ3n) is 3.84. The molecule has 0 aromatic heterocycles. The van der Waals surface area contributed by atoms with E-state index in [1.54, 1.807) is 26.4 Å². The van der Waals surface area contributed by atoms with Crippen LogP contribution in [0.3, 0.4) is 0 Å². The van der Waals surface area contributed by atoms with Gasteiger partial charge in [0, 0.05) is 6.42 Å². The number of halogens is 1. The predicted octanol–water partition coefficient (Wildman–Crippen LogP) is 3.65. The maximum Gasteiger partial charge on any atom is 0.220 e. The molecule has 4 nitrogen and oxygen atoms in total. The summed E-state index contributed by atoms with van der Waals surface area (Å²) in [4.78, 5) is 12.1. The molecule has 0 aliphatic heterocycles. The number of hydrogen-bond donors (Lipinski definition) is 1. The lowest BCUT2D eigenvalue weighted by Crippen LogP contribution is -2.26. The van der Waals surface area contributed by atoms with E-state index in [0.717, 1.165) is 11.1 Å². The van der Waals surface area contributed by atoms with Crippen molar-refractivity contribution in [2.75, 3.05) is 14.2 Å². The average molecular weight is 331 g/mol. The Kier molecular flexibility index (Phi) is 6.18. The number of methoxy groups -OCH3 is 2. The molecule has 0 saturated heterocycles. The van der Waals surface area contributed by atoms with Crippen LogP contribution in [0.25, 0.3) is 0 Å². The van der Waals surface area contributed by atoms with E-state index in [-0.39, 0.29) is 17.8 Å². The highest BCUT2D eigenvalue weighted by atomic mass is 19.1. The van der Waals surface area contributed by atoms with E-state index in [4.69, 9.17) is 9.47 Å². The average Bonchev–Trinajstić information content (AvgIpc) is 2.60. The van der Waals surface area contributed by atoms with Gasteiger partial charge in [0.15, 0.2) is 11.5 Å². The second-order valence-corrected chi connectivity index (χ2v) is 5.53. The van der Waals surface area contributed by atoms with Crippen LogP contribution < -0.4 is 14.8 Å². The molecule has 2 aromatic rings. The van der Waals surface area contributed by atoms with E-state index in [1.165, 1.54) is 12.1 Å². The summed E-state index contributed by atoms with van der Waals surface area (Å²) in [6, 6.07) is 11.6. The Morgan fingerprint density at radius 1 is 1.08 bits per heavy atom. The number of ether oxygens (including phenoxy) is 2. The molecule has 1 N–H and O–H groups in total. The number of nitrogens with one attached hydrogen (secondary N) is 1. The number of rotatable bonds is 7. The van der Waals surface area contributed by atoms with E-state index in [1.807, 2.05) is 25.1 Å². The lowest BCUT2D eigenvalue weighted by molar-refractivity contribution is -0.121. The summed E-state index contributed by atoms with van der Waals surface area (Å²) in [5.41, 5.74) is 1.87.